The van der Waals surface area contributed by atoms with Gasteiger partial charge in [0.15, 0.2) is 11.0 Å². The molecule has 6 heteroatoms. The molecule has 5 nitrogen and oxygen atoms in total. The first kappa shape index (κ1) is 15.0. The number of hydrogen-bond donors (Lipinski definition) is 0. The summed E-state index contributed by atoms with van der Waals surface area (Å²) in [6.07, 6.45) is 0.404. The molecule has 120 valence electrons. The zero-order valence-electron chi connectivity index (χ0n) is 13.0. The third-order valence-corrected chi connectivity index (χ3v) is 5.14. The number of fused-ring (bicyclic) bond motifs is 1. The van der Waals surface area contributed by atoms with Gasteiger partial charge in [-0.25, -0.2) is 4.98 Å². The maximum atomic E-state index is 12.5. The van der Waals surface area contributed by atoms with Crippen LogP contribution in [0.3, 0.4) is 0 Å². The summed E-state index contributed by atoms with van der Waals surface area (Å²) < 4.78 is 6.61. The number of methoxy groups -OCH3 is 1. The number of thioether (sulfide) groups is 1. The van der Waals surface area contributed by atoms with Crippen LogP contribution in [0.4, 0.5) is 0 Å². The van der Waals surface area contributed by atoms with Crippen LogP contribution < -0.4 is 4.74 Å². The first-order valence-electron chi connectivity index (χ1n) is 7.61. The topological polar surface area (TPSA) is 57.0 Å². The molecule has 0 spiro atoms. The summed E-state index contributed by atoms with van der Waals surface area (Å²) in [4.78, 5) is 17.0. The van der Waals surface area contributed by atoms with Crippen LogP contribution in [0, 0.1) is 0 Å². The van der Waals surface area contributed by atoms with Gasteiger partial charge < -0.3 is 4.74 Å². The first-order valence-corrected chi connectivity index (χ1v) is 8.49. The third-order valence-electron chi connectivity index (χ3n) is 3.94. The van der Waals surface area contributed by atoms with Crippen LogP contribution in [0.5, 0.6) is 5.75 Å². The monoisotopic (exact) mass is 337 g/mol. The van der Waals surface area contributed by atoms with E-state index < -0.39 is 0 Å². The number of carbonyl (C=O) groups excluding carboxylic acids is 1. The van der Waals surface area contributed by atoms with Gasteiger partial charge in [0, 0.05) is 17.2 Å². The number of aromatic nitrogens is 3. The Labute approximate surface area is 143 Å². The summed E-state index contributed by atoms with van der Waals surface area (Å²) in [5.41, 5.74) is 2.00. The average molecular weight is 337 g/mol. The summed E-state index contributed by atoms with van der Waals surface area (Å²) >= 11 is 1.57. The highest BCUT2D eigenvalue weighted by atomic mass is 32.2. The average Bonchev–Trinajstić information content (AvgIpc) is 3.07. The zero-order valence-corrected chi connectivity index (χ0v) is 13.9. The van der Waals surface area contributed by atoms with E-state index in [9.17, 15) is 4.79 Å². The molecule has 0 unspecified atom stereocenters. The van der Waals surface area contributed by atoms with Gasteiger partial charge in [-0.3, -0.25) is 4.79 Å². The first-order chi connectivity index (χ1) is 11.7. The van der Waals surface area contributed by atoms with E-state index in [1.807, 2.05) is 54.6 Å². The third kappa shape index (κ3) is 2.69. The molecule has 0 N–H and O–H groups in total. The van der Waals surface area contributed by atoms with Crippen LogP contribution in [0.15, 0.2) is 59.8 Å². The van der Waals surface area contributed by atoms with Crippen LogP contribution >= 0.6 is 11.8 Å². The van der Waals surface area contributed by atoms with Gasteiger partial charge in [-0.1, -0.05) is 54.2 Å². The van der Waals surface area contributed by atoms with Crippen LogP contribution in [0.25, 0.3) is 11.4 Å². The standard InChI is InChI=1S/C18H15N3O2S/c1-23-14-9-7-12(8-10-14)15-11-16(22)21-18(24-15)19-17(20-21)13-5-3-2-4-6-13/h2-10,15H,11H2,1H3/t15-/m0/s1. The van der Waals surface area contributed by atoms with Gasteiger partial charge in [0.2, 0.25) is 0 Å². The second kappa shape index (κ2) is 6.13. The van der Waals surface area contributed by atoms with Gasteiger partial charge in [0.25, 0.3) is 5.91 Å². The number of carbonyl (C=O) groups is 1. The van der Waals surface area contributed by atoms with Gasteiger partial charge in [0.1, 0.15) is 5.75 Å². The fourth-order valence-electron chi connectivity index (χ4n) is 2.66. The lowest BCUT2D eigenvalue weighted by molar-refractivity contribution is 0.0868. The minimum Gasteiger partial charge on any atom is -0.497 e. The van der Waals surface area contributed by atoms with Crippen molar-refractivity contribution in [2.75, 3.05) is 7.11 Å². The maximum Gasteiger partial charge on any atom is 0.250 e. The fraction of sp³-hybridized carbons (Fsp3) is 0.167. The summed E-state index contributed by atoms with van der Waals surface area (Å²) in [6.45, 7) is 0. The van der Waals surface area contributed by atoms with E-state index >= 15 is 0 Å². The Bertz CT molecular complexity index is 875. The number of nitrogens with zero attached hydrogens (tertiary/aromatic N) is 3. The van der Waals surface area contributed by atoms with Crippen LogP contribution in [-0.4, -0.2) is 27.8 Å². The molecule has 0 fully saturated rings. The van der Waals surface area contributed by atoms with Crippen molar-refractivity contribution in [3.8, 4) is 17.1 Å². The molecular weight excluding hydrogens is 322 g/mol. The highest BCUT2D eigenvalue weighted by Gasteiger charge is 2.30. The van der Waals surface area contributed by atoms with Gasteiger partial charge in [-0.15, -0.1) is 5.10 Å². The lowest BCUT2D eigenvalue weighted by atomic mass is 10.1. The maximum absolute atomic E-state index is 12.5. The molecule has 2 heterocycles. The molecule has 3 aromatic rings. The van der Waals surface area contributed by atoms with Gasteiger partial charge in [-0.2, -0.15) is 4.68 Å². The molecule has 0 radical (unpaired) electrons. The second-order valence-electron chi connectivity index (χ2n) is 5.47. The Morgan fingerprint density at radius 1 is 1.12 bits per heavy atom. The van der Waals surface area contributed by atoms with Crippen LogP contribution in [0.2, 0.25) is 0 Å². The second-order valence-corrected chi connectivity index (χ2v) is 6.64. The van der Waals surface area contributed by atoms with E-state index in [2.05, 4.69) is 10.1 Å². The SMILES string of the molecule is COc1ccc([C@@H]2CC(=O)n3nc(-c4ccccc4)nc3S2)cc1. The molecule has 0 aliphatic carbocycles. The highest BCUT2D eigenvalue weighted by Crippen LogP contribution is 2.41. The number of benzene rings is 2. The summed E-state index contributed by atoms with van der Waals surface area (Å²) in [5.74, 6) is 1.36. The normalized spacial score (nSPS) is 16.7. The van der Waals surface area contributed by atoms with Crippen LogP contribution in [-0.2, 0) is 0 Å². The lowest BCUT2D eigenvalue weighted by Crippen LogP contribution is -2.20. The Kier molecular flexibility index (Phi) is 3.82. The van der Waals surface area contributed by atoms with E-state index in [4.69, 9.17) is 4.74 Å². The van der Waals surface area contributed by atoms with Crippen molar-refractivity contribution in [3.63, 3.8) is 0 Å². The lowest BCUT2D eigenvalue weighted by Gasteiger charge is -2.20. The molecule has 0 bridgehead atoms. The van der Waals surface area contributed by atoms with Crippen molar-refractivity contribution >= 4 is 17.7 Å². The minimum atomic E-state index is -0.0285. The molecule has 24 heavy (non-hydrogen) atoms. The Hall–Kier alpha value is -2.60. The highest BCUT2D eigenvalue weighted by molar-refractivity contribution is 7.99. The number of hydrogen-bond acceptors (Lipinski definition) is 5. The van der Waals surface area contributed by atoms with E-state index in [1.54, 1.807) is 18.9 Å². The smallest absolute Gasteiger partial charge is 0.250 e. The molecule has 1 aromatic heterocycles. The predicted octanol–water partition coefficient (Wildman–Crippen LogP) is 3.83. The minimum absolute atomic E-state index is 0.0285. The molecule has 1 aliphatic heterocycles. The van der Waals surface area contributed by atoms with Crippen molar-refractivity contribution < 1.29 is 9.53 Å². The van der Waals surface area contributed by atoms with Crippen molar-refractivity contribution in [1.82, 2.24) is 14.8 Å². The molecule has 1 aliphatic rings. The van der Waals surface area contributed by atoms with Crippen molar-refractivity contribution in [2.24, 2.45) is 0 Å². The summed E-state index contributed by atoms with van der Waals surface area (Å²) in [5, 5.41) is 5.06. The molecule has 2 aromatic carbocycles. The van der Waals surface area contributed by atoms with Gasteiger partial charge in [0.05, 0.1) is 7.11 Å². The Balaban J connectivity index is 1.64. The number of ether oxygens (including phenoxy) is 1. The Morgan fingerprint density at radius 3 is 2.58 bits per heavy atom. The van der Waals surface area contributed by atoms with Crippen molar-refractivity contribution in [1.29, 1.82) is 0 Å². The molecule has 1 atom stereocenters. The van der Waals surface area contributed by atoms with Gasteiger partial charge in [-0.05, 0) is 17.7 Å². The summed E-state index contributed by atoms with van der Waals surface area (Å²) in [7, 11) is 1.64. The molecule has 0 saturated heterocycles. The zero-order chi connectivity index (χ0) is 16.5. The molecule has 0 amide bonds. The van der Waals surface area contributed by atoms with E-state index in [0.717, 1.165) is 16.9 Å². The molecule has 4 rings (SSSR count). The van der Waals surface area contributed by atoms with Crippen molar-refractivity contribution in [3.05, 3.63) is 60.2 Å². The van der Waals surface area contributed by atoms with Gasteiger partial charge >= 0.3 is 0 Å². The Morgan fingerprint density at radius 2 is 1.88 bits per heavy atom. The fourth-order valence-corrected chi connectivity index (χ4v) is 3.82. The van der Waals surface area contributed by atoms with Crippen molar-refractivity contribution in [2.45, 2.75) is 16.8 Å². The summed E-state index contributed by atoms with van der Waals surface area (Å²) in [6, 6.07) is 17.5. The predicted molar refractivity (Wildman–Crippen MR) is 92.3 cm³/mol. The van der Waals surface area contributed by atoms with E-state index in [0.29, 0.717) is 17.4 Å². The largest absolute Gasteiger partial charge is 0.497 e. The molecular formula is C18H15N3O2S. The van der Waals surface area contributed by atoms with E-state index in [1.165, 1.54) is 4.68 Å². The van der Waals surface area contributed by atoms with Crippen LogP contribution in [0.1, 0.15) is 22.0 Å². The van der Waals surface area contributed by atoms with E-state index in [-0.39, 0.29) is 11.2 Å². The molecule has 0 saturated carbocycles. The number of rotatable bonds is 3. The quantitative estimate of drug-likeness (QED) is 0.727.